The van der Waals surface area contributed by atoms with Gasteiger partial charge < -0.3 is 14.6 Å². The number of carbonyl (C=O) groups is 1. The van der Waals surface area contributed by atoms with E-state index in [1.165, 1.54) is 11.1 Å². The quantitative estimate of drug-likeness (QED) is 0.443. The Morgan fingerprint density at radius 1 is 1.09 bits per heavy atom. The summed E-state index contributed by atoms with van der Waals surface area (Å²) in [5.74, 6) is -0.280. The molecule has 0 amide bonds. The lowest BCUT2D eigenvalue weighted by molar-refractivity contribution is 0.0691. The minimum absolute atomic E-state index is 0.0781. The second-order valence-corrected chi connectivity index (χ2v) is 8.84. The minimum Gasteiger partial charge on any atom is -0.477 e. The molecule has 0 bridgehead atoms. The Bertz CT molecular complexity index is 1360. The van der Waals surface area contributed by atoms with Gasteiger partial charge >= 0.3 is 5.97 Å². The molecule has 2 aromatic heterocycles. The molecule has 4 aromatic rings. The lowest BCUT2D eigenvalue weighted by Crippen LogP contribution is -2.32. The molecule has 162 valence electrons. The first-order valence-corrected chi connectivity index (χ1v) is 11.1. The van der Waals surface area contributed by atoms with E-state index in [1.807, 2.05) is 25.1 Å². The fourth-order valence-electron chi connectivity index (χ4n) is 4.66. The van der Waals surface area contributed by atoms with Gasteiger partial charge in [0.2, 0.25) is 0 Å². The van der Waals surface area contributed by atoms with Crippen LogP contribution in [0.15, 0.2) is 54.6 Å². The molecular formula is C26H24ClN3O2. The molecule has 5 nitrogen and oxygen atoms in total. The van der Waals surface area contributed by atoms with Crippen molar-refractivity contribution in [3.05, 3.63) is 93.3 Å². The maximum Gasteiger partial charge on any atom is 0.354 e. The minimum atomic E-state index is -1.01. The van der Waals surface area contributed by atoms with E-state index < -0.39 is 5.97 Å². The Morgan fingerprint density at radius 2 is 1.88 bits per heavy atom. The molecule has 0 saturated heterocycles. The van der Waals surface area contributed by atoms with Crippen molar-refractivity contribution in [3.8, 4) is 0 Å². The summed E-state index contributed by atoms with van der Waals surface area (Å²) in [4.78, 5) is 18.8. The highest BCUT2D eigenvalue weighted by Crippen LogP contribution is 2.35. The molecule has 32 heavy (non-hydrogen) atoms. The Labute approximate surface area is 191 Å². The van der Waals surface area contributed by atoms with Crippen LogP contribution >= 0.6 is 11.6 Å². The number of pyridine rings is 1. The van der Waals surface area contributed by atoms with Gasteiger partial charge in [0.25, 0.3) is 0 Å². The molecule has 2 aromatic carbocycles. The van der Waals surface area contributed by atoms with Crippen LogP contribution in [0, 0.1) is 13.8 Å². The Morgan fingerprint density at radius 3 is 2.62 bits per heavy atom. The number of carboxylic acid groups (broad SMARTS) is 1. The summed E-state index contributed by atoms with van der Waals surface area (Å²) >= 11 is 6.24. The van der Waals surface area contributed by atoms with Crippen LogP contribution in [0.25, 0.3) is 10.9 Å². The number of hydrogen-bond acceptors (Lipinski definition) is 3. The number of benzene rings is 2. The van der Waals surface area contributed by atoms with E-state index in [2.05, 4.69) is 51.7 Å². The molecule has 0 fully saturated rings. The first kappa shape index (κ1) is 20.6. The maximum absolute atomic E-state index is 11.9. The van der Waals surface area contributed by atoms with Crippen LogP contribution in [0.3, 0.4) is 0 Å². The average molecular weight is 446 g/mol. The van der Waals surface area contributed by atoms with Crippen molar-refractivity contribution in [2.75, 3.05) is 11.4 Å². The summed E-state index contributed by atoms with van der Waals surface area (Å²) in [7, 11) is 0. The summed E-state index contributed by atoms with van der Waals surface area (Å²) in [6.07, 6.45) is 0.906. The van der Waals surface area contributed by atoms with Crippen LogP contribution < -0.4 is 4.90 Å². The SMILES string of the molecule is Cc1c(C)n(Cc2cccc(Cl)c2)c2c(N3CCc4ccccc4C3)nc(C(=O)O)cc12. The molecule has 0 atom stereocenters. The largest absolute Gasteiger partial charge is 0.477 e. The summed E-state index contributed by atoms with van der Waals surface area (Å²) < 4.78 is 2.24. The number of halogens is 1. The third kappa shape index (κ3) is 3.53. The lowest BCUT2D eigenvalue weighted by Gasteiger charge is -2.31. The number of aryl methyl sites for hydroxylation is 1. The zero-order valence-corrected chi connectivity index (χ0v) is 18.9. The number of aromatic carboxylic acids is 1. The van der Waals surface area contributed by atoms with Gasteiger partial charge in [-0.3, -0.25) is 0 Å². The fourth-order valence-corrected chi connectivity index (χ4v) is 4.88. The van der Waals surface area contributed by atoms with E-state index in [9.17, 15) is 9.90 Å². The summed E-state index contributed by atoms with van der Waals surface area (Å²) in [6, 6.07) is 18.0. The molecule has 6 heteroatoms. The maximum atomic E-state index is 11.9. The lowest BCUT2D eigenvalue weighted by atomic mass is 10.00. The Kier molecular flexibility index (Phi) is 5.14. The number of carboxylic acids is 1. The standard InChI is InChI=1S/C26H24ClN3O2/c1-16-17(2)30(14-18-6-5-9-21(27)12-18)24-22(16)13-23(26(31)32)28-25(24)29-11-10-19-7-3-4-8-20(19)15-29/h3-9,12-13H,10-11,14-15H2,1-2H3,(H,31,32). The third-order valence-corrected chi connectivity index (χ3v) is 6.71. The third-order valence-electron chi connectivity index (χ3n) is 6.47. The molecule has 1 N–H and O–H groups in total. The summed E-state index contributed by atoms with van der Waals surface area (Å²) in [5, 5.41) is 11.4. The van der Waals surface area contributed by atoms with Crippen LogP contribution in [0.1, 0.15) is 38.4 Å². The van der Waals surface area contributed by atoms with Crippen molar-refractivity contribution < 1.29 is 9.90 Å². The van der Waals surface area contributed by atoms with Gasteiger partial charge in [-0.05, 0) is 60.7 Å². The molecule has 0 spiro atoms. The average Bonchev–Trinajstić information content (AvgIpc) is 3.03. The normalized spacial score (nSPS) is 13.4. The van der Waals surface area contributed by atoms with Crippen molar-refractivity contribution in [2.24, 2.45) is 0 Å². The molecule has 0 radical (unpaired) electrons. The number of rotatable bonds is 4. The first-order valence-electron chi connectivity index (χ1n) is 10.7. The van der Waals surface area contributed by atoms with Crippen molar-refractivity contribution in [3.63, 3.8) is 0 Å². The van der Waals surface area contributed by atoms with Crippen molar-refractivity contribution in [2.45, 2.75) is 33.4 Å². The molecule has 0 saturated carbocycles. The predicted molar refractivity (Wildman–Crippen MR) is 128 cm³/mol. The monoisotopic (exact) mass is 445 g/mol. The zero-order chi connectivity index (χ0) is 22.4. The van der Waals surface area contributed by atoms with Gasteiger partial charge in [0.1, 0.15) is 0 Å². The highest BCUT2D eigenvalue weighted by molar-refractivity contribution is 6.30. The van der Waals surface area contributed by atoms with Crippen molar-refractivity contribution in [1.29, 1.82) is 0 Å². The Hall–Kier alpha value is -3.31. The van der Waals surface area contributed by atoms with Gasteiger partial charge in [0.05, 0.1) is 5.52 Å². The zero-order valence-electron chi connectivity index (χ0n) is 18.1. The summed E-state index contributed by atoms with van der Waals surface area (Å²) in [6.45, 7) is 6.27. The molecule has 0 aliphatic carbocycles. The highest BCUT2D eigenvalue weighted by atomic mass is 35.5. The van der Waals surface area contributed by atoms with Crippen LogP contribution in [0.2, 0.25) is 5.02 Å². The smallest absolute Gasteiger partial charge is 0.354 e. The van der Waals surface area contributed by atoms with E-state index in [-0.39, 0.29) is 5.69 Å². The summed E-state index contributed by atoms with van der Waals surface area (Å²) in [5.41, 5.74) is 6.92. The topological polar surface area (TPSA) is 58.4 Å². The molecule has 1 aliphatic heterocycles. The van der Waals surface area contributed by atoms with E-state index in [4.69, 9.17) is 11.6 Å². The fraction of sp³-hybridized carbons (Fsp3) is 0.231. The predicted octanol–water partition coefficient (Wildman–Crippen LogP) is 5.62. The first-order chi connectivity index (χ1) is 15.4. The van der Waals surface area contributed by atoms with Crippen LogP contribution in [-0.4, -0.2) is 27.2 Å². The van der Waals surface area contributed by atoms with E-state index in [0.29, 0.717) is 18.1 Å². The van der Waals surface area contributed by atoms with Gasteiger partial charge in [0, 0.05) is 35.7 Å². The van der Waals surface area contributed by atoms with Crippen LogP contribution in [0.4, 0.5) is 5.82 Å². The van der Waals surface area contributed by atoms with Gasteiger partial charge in [-0.15, -0.1) is 0 Å². The van der Waals surface area contributed by atoms with Gasteiger partial charge in [-0.1, -0.05) is 48.0 Å². The second kappa shape index (κ2) is 7.99. The second-order valence-electron chi connectivity index (χ2n) is 8.40. The number of aromatic nitrogens is 2. The van der Waals surface area contributed by atoms with Gasteiger partial charge in [0.15, 0.2) is 11.5 Å². The van der Waals surface area contributed by atoms with E-state index in [1.54, 1.807) is 6.07 Å². The molecule has 5 rings (SSSR count). The Balaban J connectivity index is 1.70. The van der Waals surface area contributed by atoms with Gasteiger partial charge in [-0.25, -0.2) is 9.78 Å². The molecule has 3 heterocycles. The number of nitrogens with zero attached hydrogens (tertiary/aromatic N) is 3. The van der Waals surface area contributed by atoms with Crippen molar-refractivity contribution in [1.82, 2.24) is 9.55 Å². The van der Waals surface area contributed by atoms with E-state index >= 15 is 0 Å². The number of hydrogen-bond donors (Lipinski definition) is 1. The number of fused-ring (bicyclic) bond motifs is 2. The van der Waals surface area contributed by atoms with Gasteiger partial charge in [-0.2, -0.15) is 0 Å². The molecule has 1 aliphatic rings. The molecular weight excluding hydrogens is 422 g/mol. The highest BCUT2D eigenvalue weighted by Gasteiger charge is 2.25. The van der Waals surface area contributed by atoms with Crippen LogP contribution in [-0.2, 0) is 19.5 Å². The van der Waals surface area contributed by atoms with Crippen molar-refractivity contribution >= 4 is 34.3 Å². The van der Waals surface area contributed by atoms with E-state index in [0.717, 1.165) is 46.5 Å². The molecule has 0 unspecified atom stereocenters. The van der Waals surface area contributed by atoms with Crippen LogP contribution in [0.5, 0.6) is 0 Å². The number of anilines is 1.